The monoisotopic (exact) mass is 304 g/mol. The van der Waals surface area contributed by atoms with Gasteiger partial charge in [-0.1, -0.05) is 0 Å². The number of amides is 1. The van der Waals surface area contributed by atoms with E-state index in [0.717, 1.165) is 10.9 Å². The molecule has 3 N–H and O–H groups in total. The first-order valence-electron chi connectivity index (χ1n) is 5.99. The van der Waals surface area contributed by atoms with Crippen LogP contribution in [-0.4, -0.2) is 16.1 Å². The van der Waals surface area contributed by atoms with Crippen molar-refractivity contribution >= 4 is 44.5 Å². The van der Waals surface area contributed by atoms with E-state index in [1.165, 1.54) is 11.3 Å². The van der Waals surface area contributed by atoms with Gasteiger partial charge in [-0.05, 0) is 35.4 Å². The Bertz CT molecular complexity index is 751. The molecule has 0 aliphatic rings. The molecule has 3 rings (SSSR count). The highest BCUT2D eigenvalue weighted by Gasteiger charge is 2.19. The van der Waals surface area contributed by atoms with Gasteiger partial charge in [0.25, 0.3) is 5.91 Å². The van der Waals surface area contributed by atoms with Crippen molar-refractivity contribution in [3.8, 4) is 0 Å². The molecule has 0 saturated heterocycles. The molecule has 1 unspecified atom stereocenters. The predicted octanol–water partition coefficient (Wildman–Crippen LogP) is 2.83. The van der Waals surface area contributed by atoms with Gasteiger partial charge in [-0.2, -0.15) is 16.4 Å². The minimum Gasteiger partial charge on any atom is -0.397 e. The van der Waals surface area contributed by atoms with E-state index in [1.54, 1.807) is 23.6 Å². The number of aromatic nitrogens is 2. The maximum Gasteiger partial charge on any atom is 0.264 e. The van der Waals surface area contributed by atoms with E-state index in [-0.39, 0.29) is 11.9 Å². The molecule has 0 aromatic carbocycles. The molecule has 5 nitrogen and oxygen atoms in total. The summed E-state index contributed by atoms with van der Waals surface area (Å²) in [5.41, 5.74) is 7.57. The van der Waals surface area contributed by atoms with Crippen LogP contribution < -0.4 is 11.1 Å². The summed E-state index contributed by atoms with van der Waals surface area (Å²) in [4.78, 5) is 13.5. The fourth-order valence-corrected chi connectivity index (χ4v) is 3.60. The average molecular weight is 304 g/mol. The van der Waals surface area contributed by atoms with Crippen LogP contribution in [0.2, 0.25) is 0 Å². The smallest absolute Gasteiger partial charge is 0.264 e. The summed E-state index contributed by atoms with van der Waals surface area (Å²) >= 11 is 2.87. The molecule has 0 spiro atoms. The number of rotatable bonds is 3. The number of fused-ring (bicyclic) bond motifs is 1. The minimum absolute atomic E-state index is 0.0514. The van der Waals surface area contributed by atoms with Crippen LogP contribution in [0.1, 0.15) is 28.2 Å². The van der Waals surface area contributed by atoms with Crippen LogP contribution in [0.5, 0.6) is 0 Å². The van der Waals surface area contributed by atoms with Gasteiger partial charge in [0.1, 0.15) is 9.71 Å². The quantitative estimate of drug-likeness (QED) is 0.779. The van der Waals surface area contributed by atoms with Crippen molar-refractivity contribution in [2.45, 2.75) is 13.0 Å². The fraction of sp³-hybridized carbons (Fsp3) is 0.154. The molecule has 0 bridgehead atoms. The van der Waals surface area contributed by atoms with E-state index >= 15 is 0 Å². The molecule has 0 fully saturated rings. The van der Waals surface area contributed by atoms with Gasteiger partial charge >= 0.3 is 0 Å². The van der Waals surface area contributed by atoms with Crippen LogP contribution in [-0.2, 0) is 0 Å². The number of thiophene rings is 2. The molecular weight excluding hydrogens is 292 g/mol. The normalized spacial score (nSPS) is 12.4. The van der Waals surface area contributed by atoms with E-state index in [4.69, 9.17) is 5.73 Å². The Balaban J connectivity index is 1.87. The molecule has 0 aliphatic carbocycles. The largest absolute Gasteiger partial charge is 0.397 e. The van der Waals surface area contributed by atoms with E-state index in [1.807, 2.05) is 23.8 Å². The van der Waals surface area contributed by atoms with Crippen LogP contribution in [0.25, 0.3) is 10.2 Å². The third-order valence-corrected chi connectivity index (χ3v) is 4.82. The van der Waals surface area contributed by atoms with Crippen molar-refractivity contribution in [2.24, 2.45) is 0 Å². The Morgan fingerprint density at radius 2 is 2.30 bits per heavy atom. The standard InChI is InChI=1S/C13H12N4OS2/c1-7(8-3-5-19-6-8)16-12(18)11-10(14)9-2-4-15-17-13(9)20-11/h2-7H,14H2,1H3,(H,16,18). The van der Waals surface area contributed by atoms with Gasteiger partial charge in [0.05, 0.1) is 17.9 Å². The average Bonchev–Trinajstić information content (AvgIpc) is 3.07. The molecular formula is C13H12N4OS2. The zero-order valence-electron chi connectivity index (χ0n) is 10.7. The number of nitrogens with two attached hydrogens (primary N) is 1. The highest BCUT2D eigenvalue weighted by Crippen LogP contribution is 2.31. The lowest BCUT2D eigenvalue weighted by Gasteiger charge is -2.11. The molecule has 7 heteroatoms. The number of anilines is 1. The number of carbonyl (C=O) groups excluding carboxylic acids is 1. The van der Waals surface area contributed by atoms with Crippen molar-refractivity contribution < 1.29 is 4.79 Å². The first-order chi connectivity index (χ1) is 9.66. The Hall–Kier alpha value is -1.99. The highest BCUT2D eigenvalue weighted by atomic mass is 32.1. The molecule has 3 aromatic rings. The molecule has 0 radical (unpaired) electrons. The van der Waals surface area contributed by atoms with Crippen LogP contribution >= 0.6 is 22.7 Å². The Morgan fingerprint density at radius 1 is 1.45 bits per heavy atom. The summed E-state index contributed by atoms with van der Waals surface area (Å²) in [6.45, 7) is 1.95. The Labute approximate surface area is 123 Å². The van der Waals surface area contributed by atoms with Gasteiger partial charge in [0.15, 0.2) is 0 Å². The molecule has 1 atom stereocenters. The van der Waals surface area contributed by atoms with Crippen LogP contribution in [0.4, 0.5) is 5.69 Å². The molecule has 1 amide bonds. The minimum atomic E-state index is -0.177. The predicted molar refractivity (Wildman–Crippen MR) is 82.0 cm³/mol. The zero-order chi connectivity index (χ0) is 14.1. The third kappa shape index (κ3) is 2.25. The SMILES string of the molecule is CC(NC(=O)c1sc2nnccc2c1N)c1ccsc1. The summed E-state index contributed by atoms with van der Waals surface area (Å²) < 4.78 is 0. The second kappa shape index (κ2) is 5.18. The van der Waals surface area contributed by atoms with Crippen LogP contribution in [0.3, 0.4) is 0 Å². The van der Waals surface area contributed by atoms with E-state index in [9.17, 15) is 4.79 Å². The van der Waals surface area contributed by atoms with Gasteiger partial charge in [-0.3, -0.25) is 4.79 Å². The van der Waals surface area contributed by atoms with Gasteiger partial charge in [-0.15, -0.1) is 16.4 Å². The number of nitrogen functional groups attached to an aromatic ring is 1. The van der Waals surface area contributed by atoms with Crippen LogP contribution in [0, 0.1) is 0 Å². The second-order valence-electron chi connectivity index (χ2n) is 4.35. The Morgan fingerprint density at radius 3 is 3.00 bits per heavy atom. The lowest BCUT2D eigenvalue weighted by Crippen LogP contribution is -2.26. The van der Waals surface area contributed by atoms with Crippen molar-refractivity contribution in [1.82, 2.24) is 15.5 Å². The summed E-state index contributed by atoms with van der Waals surface area (Å²) in [5.74, 6) is -0.177. The number of nitrogens with zero attached hydrogens (tertiary/aromatic N) is 2. The second-order valence-corrected chi connectivity index (χ2v) is 6.13. The van der Waals surface area contributed by atoms with Gasteiger partial charge in [0.2, 0.25) is 0 Å². The van der Waals surface area contributed by atoms with Gasteiger partial charge in [0, 0.05) is 5.39 Å². The first-order valence-corrected chi connectivity index (χ1v) is 7.75. The Kier molecular flexibility index (Phi) is 3.37. The van der Waals surface area contributed by atoms with Crippen molar-refractivity contribution in [3.63, 3.8) is 0 Å². The number of hydrogen-bond donors (Lipinski definition) is 2. The van der Waals surface area contributed by atoms with Gasteiger partial charge < -0.3 is 11.1 Å². The van der Waals surface area contributed by atoms with E-state index < -0.39 is 0 Å². The van der Waals surface area contributed by atoms with E-state index in [0.29, 0.717) is 15.4 Å². The summed E-state index contributed by atoms with van der Waals surface area (Å²) in [6.07, 6.45) is 1.57. The molecule has 0 saturated carbocycles. The molecule has 20 heavy (non-hydrogen) atoms. The lowest BCUT2D eigenvalue weighted by molar-refractivity contribution is 0.0945. The summed E-state index contributed by atoms with van der Waals surface area (Å²) in [5, 5.41) is 15.5. The summed E-state index contributed by atoms with van der Waals surface area (Å²) in [6, 6.07) is 3.72. The van der Waals surface area contributed by atoms with Crippen LogP contribution in [0.15, 0.2) is 29.1 Å². The third-order valence-electron chi connectivity index (χ3n) is 3.02. The molecule has 102 valence electrons. The number of carbonyl (C=O) groups is 1. The van der Waals surface area contributed by atoms with E-state index in [2.05, 4.69) is 15.5 Å². The molecule has 0 aliphatic heterocycles. The number of hydrogen-bond acceptors (Lipinski definition) is 6. The molecule has 3 heterocycles. The number of nitrogens with one attached hydrogen (secondary N) is 1. The van der Waals surface area contributed by atoms with Crippen molar-refractivity contribution in [1.29, 1.82) is 0 Å². The maximum absolute atomic E-state index is 12.3. The topological polar surface area (TPSA) is 80.9 Å². The van der Waals surface area contributed by atoms with Crippen molar-refractivity contribution in [2.75, 3.05) is 5.73 Å². The molecule has 3 aromatic heterocycles. The van der Waals surface area contributed by atoms with Crippen molar-refractivity contribution in [3.05, 3.63) is 39.5 Å². The highest BCUT2D eigenvalue weighted by molar-refractivity contribution is 7.21. The first kappa shape index (κ1) is 13.0. The van der Waals surface area contributed by atoms with Gasteiger partial charge in [-0.25, -0.2) is 0 Å². The maximum atomic E-state index is 12.3. The zero-order valence-corrected chi connectivity index (χ0v) is 12.3. The lowest BCUT2D eigenvalue weighted by atomic mass is 10.2. The summed E-state index contributed by atoms with van der Waals surface area (Å²) in [7, 11) is 0. The fourth-order valence-electron chi connectivity index (χ4n) is 1.91.